The lowest BCUT2D eigenvalue weighted by atomic mass is 10.1. The minimum absolute atomic E-state index is 0.482. The molecule has 1 aliphatic rings. The molecule has 3 rings (SSSR count). The summed E-state index contributed by atoms with van der Waals surface area (Å²) in [7, 11) is -0.838. The van der Waals surface area contributed by atoms with Crippen LogP contribution in [-0.4, -0.2) is 15.1 Å². The Morgan fingerprint density at radius 2 is 1.95 bits per heavy atom. The van der Waals surface area contributed by atoms with Gasteiger partial charge in [-0.25, -0.2) is 0 Å². The molecule has 20 heavy (non-hydrogen) atoms. The van der Waals surface area contributed by atoms with E-state index >= 15 is 0 Å². The molecule has 1 fully saturated rings. The fourth-order valence-corrected chi connectivity index (χ4v) is 4.21. The van der Waals surface area contributed by atoms with Crippen LogP contribution in [0.1, 0.15) is 31.4 Å². The Hall–Kier alpha value is -1.42. The van der Waals surface area contributed by atoms with Crippen LogP contribution in [0.2, 0.25) is 0 Å². The first-order valence-corrected chi connectivity index (χ1v) is 8.66. The molecule has 0 aliphatic heterocycles. The van der Waals surface area contributed by atoms with Crippen molar-refractivity contribution in [3.63, 3.8) is 0 Å². The molecule has 0 radical (unpaired) electrons. The van der Waals surface area contributed by atoms with Crippen LogP contribution in [0.25, 0.3) is 11.3 Å². The minimum Gasteiger partial charge on any atom is -0.360 e. The van der Waals surface area contributed by atoms with Crippen molar-refractivity contribution >= 4 is 10.8 Å². The van der Waals surface area contributed by atoms with Gasteiger partial charge in [-0.2, -0.15) is 0 Å². The number of benzene rings is 1. The van der Waals surface area contributed by atoms with Gasteiger partial charge in [0.25, 0.3) is 0 Å². The predicted octanol–water partition coefficient (Wildman–Crippen LogP) is 3.78. The zero-order valence-electron chi connectivity index (χ0n) is 11.5. The number of rotatable bonds is 5. The lowest BCUT2D eigenvalue weighted by Crippen LogP contribution is -2.09. The molecule has 2 aromatic rings. The van der Waals surface area contributed by atoms with Crippen LogP contribution in [0.3, 0.4) is 0 Å². The van der Waals surface area contributed by atoms with Gasteiger partial charge in [0.05, 0.1) is 5.75 Å². The van der Waals surface area contributed by atoms with Gasteiger partial charge in [-0.1, -0.05) is 48.3 Å². The highest BCUT2D eigenvalue weighted by Gasteiger charge is 2.19. The van der Waals surface area contributed by atoms with Crippen molar-refractivity contribution in [3.05, 3.63) is 42.2 Å². The Morgan fingerprint density at radius 3 is 2.70 bits per heavy atom. The zero-order chi connectivity index (χ0) is 13.8. The van der Waals surface area contributed by atoms with Crippen LogP contribution in [0, 0.1) is 5.92 Å². The van der Waals surface area contributed by atoms with E-state index in [1.807, 2.05) is 36.4 Å². The van der Waals surface area contributed by atoms with Crippen molar-refractivity contribution in [3.8, 4) is 11.3 Å². The molecule has 106 valence electrons. The summed E-state index contributed by atoms with van der Waals surface area (Å²) in [5.41, 5.74) is 1.85. The third-order valence-electron chi connectivity index (χ3n) is 3.83. The molecule has 0 amide bonds. The molecule has 1 aromatic heterocycles. The number of hydrogen-bond acceptors (Lipinski definition) is 3. The molecular weight excluding hydrogens is 270 g/mol. The normalized spacial score (nSPS) is 17.4. The molecule has 1 heterocycles. The standard InChI is InChI=1S/C16H19NO2S/c18-20(11-13-6-4-5-7-13)12-15-10-16(17-19-15)14-8-2-1-3-9-14/h1-3,8-10,13H,4-7,11-12H2/t20-/m1/s1. The van der Waals surface area contributed by atoms with E-state index in [1.165, 1.54) is 25.7 Å². The van der Waals surface area contributed by atoms with Gasteiger partial charge in [-0.05, 0) is 18.8 Å². The summed E-state index contributed by atoms with van der Waals surface area (Å²) in [6, 6.07) is 11.8. The van der Waals surface area contributed by atoms with Crippen LogP contribution in [0.4, 0.5) is 0 Å². The average molecular weight is 289 g/mol. The molecule has 1 saturated carbocycles. The van der Waals surface area contributed by atoms with Crippen molar-refractivity contribution in [1.82, 2.24) is 5.16 Å². The highest BCUT2D eigenvalue weighted by molar-refractivity contribution is 7.84. The maximum absolute atomic E-state index is 12.1. The summed E-state index contributed by atoms with van der Waals surface area (Å²) in [6.45, 7) is 0. The molecule has 1 aromatic carbocycles. The van der Waals surface area contributed by atoms with Gasteiger partial charge in [0.2, 0.25) is 0 Å². The van der Waals surface area contributed by atoms with Gasteiger partial charge in [-0.3, -0.25) is 4.21 Å². The van der Waals surface area contributed by atoms with E-state index in [-0.39, 0.29) is 0 Å². The van der Waals surface area contributed by atoms with Gasteiger partial charge in [0.15, 0.2) is 0 Å². The SMILES string of the molecule is O=[S@@](Cc1cc(-c2ccccc2)no1)CC1CCCC1. The van der Waals surface area contributed by atoms with E-state index in [1.54, 1.807) is 0 Å². The summed E-state index contributed by atoms with van der Waals surface area (Å²) in [5.74, 6) is 2.66. The summed E-state index contributed by atoms with van der Waals surface area (Å²) in [5, 5.41) is 4.06. The molecule has 0 spiro atoms. The molecule has 1 atom stereocenters. The van der Waals surface area contributed by atoms with E-state index in [0.29, 0.717) is 11.7 Å². The van der Waals surface area contributed by atoms with Gasteiger partial charge >= 0.3 is 0 Å². The summed E-state index contributed by atoms with van der Waals surface area (Å²) in [6.07, 6.45) is 5.06. The molecule has 0 bridgehead atoms. The summed E-state index contributed by atoms with van der Waals surface area (Å²) >= 11 is 0. The van der Waals surface area contributed by atoms with E-state index in [4.69, 9.17) is 4.52 Å². The van der Waals surface area contributed by atoms with Crippen LogP contribution in [0.5, 0.6) is 0 Å². The highest BCUT2D eigenvalue weighted by Crippen LogP contribution is 2.26. The third kappa shape index (κ3) is 3.37. The van der Waals surface area contributed by atoms with E-state index in [2.05, 4.69) is 5.16 Å². The molecular formula is C16H19NO2S. The first-order valence-electron chi connectivity index (χ1n) is 7.17. The second kappa shape index (κ2) is 6.35. The minimum atomic E-state index is -0.838. The topological polar surface area (TPSA) is 43.1 Å². The van der Waals surface area contributed by atoms with Crippen LogP contribution in [0.15, 0.2) is 40.9 Å². The fourth-order valence-electron chi connectivity index (χ4n) is 2.78. The fraction of sp³-hybridized carbons (Fsp3) is 0.438. The van der Waals surface area contributed by atoms with Gasteiger partial charge in [0.1, 0.15) is 11.5 Å². The first kappa shape index (κ1) is 13.6. The van der Waals surface area contributed by atoms with Crippen molar-refractivity contribution in [2.75, 3.05) is 5.75 Å². The van der Waals surface area contributed by atoms with Crippen molar-refractivity contribution in [2.45, 2.75) is 31.4 Å². The van der Waals surface area contributed by atoms with Gasteiger partial charge in [-0.15, -0.1) is 0 Å². The zero-order valence-corrected chi connectivity index (χ0v) is 12.3. The van der Waals surface area contributed by atoms with E-state index < -0.39 is 10.8 Å². The molecule has 0 N–H and O–H groups in total. The van der Waals surface area contributed by atoms with Crippen LogP contribution < -0.4 is 0 Å². The van der Waals surface area contributed by atoms with Crippen molar-refractivity contribution in [1.29, 1.82) is 0 Å². The van der Waals surface area contributed by atoms with Gasteiger partial charge in [0, 0.05) is 28.2 Å². The van der Waals surface area contributed by atoms with E-state index in [0.717, 1.165) is 22.8 Å². The van der Waals surface area contributed by atoms with Crippen LogP contribution in [-0.2, 0) is 16.6 Å². The Labute approximate surface area is 121 Å². The molecule has 1 aliphatic carbocycles. The highest BCUT2D eigenvalue weighted by atomic mass is 32.2. The summed E-state index contributed by atoms with van der Waals surface area (Å²) < 4.78 is 17.4. The largest absolute Gasteiger partial charge is 0.360 e. The Balaban J connectivity index is 1.61. The molecule has 0 saturated heterocycles. The second-order valence-electron chi connectivity index (χ2n) is 5.45. The van der Waals surface area contributed by atoms with Crippen molar-refractivity contribution in [2.24, 2.45) is 5.92 Å². The number of nitrogens with zero attached hydrogens (tertiary/aromatic N) is 1. The second-order valence-corrected chi connectivity index (χ2v) is 6.95. The lowest BCUT2D eigenvalue weighted by molar-refractivity contribution is 0.396. The molecule has 0 unspecified atom stereocenters. The smallest absolute Gasteiger partial charge is 0.149 e. The molecule has 4 heteroatoms. The average Bonchev–Trinajstić information content (AvgIpc) is 3.11. The number of hydrogen-bond donors (Lipinski definition) is 0. The van der Waals surface area contributed by atoms with Crippen LogP contribution >= 0.6 is 0 Å². The van der Waals surface area contributed by atoms with Gasteiger partial charge < -0.3 is 4.52 Å². The maximum Gasteiger partial charge on any atom is 0.149 e. The lowest BCUT2D eigenvalue weighted by Gasteiger charge is -2.06. The Kier molecular flexibility index (Phi) is 4.31. The monoisotopic (exact) mass is 289 g/mol. The molecule has 3 nitrogen and oxygen atoms in total. The number of aromatic nitrogens is 1. The van der Waals surface area contributed by atoms with E-state index in [9.17, 15) is 4.21 Å². The van der Waals surface area contributed by atoms with Crippen molar-refractivity contribution < 1.29 is 8.73 Å². The Bertz CT molecular complexity index is 573. The maximum atomic E-state index is 12.1. The first-order chi connectivity index (χ1) is 9.81. The quantitative estimate of drug-likeness (QED) is 0.841. The third-order valence-corrected chi connectivity index (χ3v) is 5.28. The predicted molar refractivity (Wildman–Crippen MR) is 80.6 cm³/mol. The Morgan fingerprint density at radius 1 is 1.20 bits per heavy atom. The summed E-state index contributed by atoms with van der Waals surface area (Å²) in [4.78, 5) is 0.